The maximum atomic E-state index is 6.07. The minimum atomic E-state index is 0.0500. The van der Waals surface area contributed by atoms with Crippen molar-refractivity contribution >= 4 is 11.6 Å². The number of benzene rings is 1. The van der Waals surface area contributed by atoms with Crippen molar-refractivity contribution in [2.45, 2.75) is 38.1 Å². The van der Waals surface area contributed by atoms with Gasteiger partial charge < -0.3 is 10.1 Å². The zero-order valence-corrected chi connectivity index (χ0v) is 11.3. The maximum Gasteiger partial charge on any atom is 0.137 e. The van der Waals surface area contributed by atoms with Crippen LogP contribution in [-0.4, -0.2) is 13.7 Å². The van der Waals surface area contributed by atoms with E-state index in [9.17, 15) is 0 Å². The summed E-state index contributed by atoms with van der Waals surface area (Å²) in [5.74, 6) is 0.761. The molecule has 1 aromatic carbocycles. The average Bonchev–Trinajstić information content (AvgIpc) is 2.55. The second-order valence-electron chi connectivity index (χ2n) is 4.92. The Balaban J connectivity index is 2.31. The van der Waals surface area contributed by atoms with E-state index in [1.807, 2.05) is 6.07 Å². The third-order valence-electron chi connectivity index (χ3n) is 3.66. The van der Waals surface area contributed by atoms with Gasteiger partial charge in [0.25, 0.3) is 0 Å². The van der Waals surface area contributed by atoms with E-state index in [1.54, 1.807) is 7.11 Å². The third kappa shape index (κ3) is 2.75. The Morgan fingerprint density at radius 3 is 2.88 bits per heavy atom. The molecule has 0 radical (unpaired) electrons. The van der Waals surface area contributed by atoms with Crippen LogP contribution in [-0.2, 0) is 5.54 Å². The monoisotopic (exact) mass is 253 g/mol. The van der Waals surface area contributed by atoms with Gasteiger partial charge in [0, 0.05) is 5.54 Å². The van der Waals surface area contributed by atoms with Gasteiger partial charge in [-0.15, -0.1) is 0 Å². The van der Waals surface area contributed by atoms with E-state index in [1.165, 1.54) is 24.8 Å². The highest BCUT2D eigenvalue weighted by Gasteiger charge is 2.27. The van der Waals surface area contributed by atoms with E-state index < -0.39 is 0 Å². The van der Waals surface area contributed by atoms with E-state index in [0.717, 1.165) is 18.7 Å². The highest BCUT2D eigenvalue weighted by Crippen LogP contribution is 2.34. The molecular formula is C14H20ClNO. The topological polar surface area (TPSA) is 21.3 Å². The van der Waals surface area contributed by atoms with Crippen molar-refractivity contribution in [2.75, 3.05) is 13.7 Å². The fourth-order valence-corrected chi connectivity index (χ4v) is 2.68. The van der Waals surface area contributed by atoms with Crippen molar-refractivity contribution in [1.29, 1.82) is 0 Å². The van der Waals surface area contributed by atoms with Crippen molar-refractivity contribution in [3.05, 3.63) is 28.8 Å². The van der Waals surface area contributed by atoms with Crippen molar-refractivity contribution in [3.8, 4) is 5.75 Å². The summed E-state index contributed by atoms with van der Waals surface area (Å²) in [5.41, 5.74) is 1.31. The molecule has 0 amide bonds. The zero-order chi connectivity index (χ0) is 12.3. The Labute approximate surface area is 108 Å². The van der Waals surface area contributed by atoms with Crippen LogP contribution in [0.2, 0.25) is 5.02 Å². The predicted molar refractivity (Wildman–Crippen MR) is 71.8 cm³/mol. The molecule has 0 saturated carbocycles. The van der Waals surface area contributed by atoms with Gasteiger partial charge in [0.05, 0.1) is 12.1 Å². The third-order valence-corrected chi connectivity index (χ3v) is 3.97. The summed E-state index contributed by atoms with van der Waals surface area (Å²) in [4.78, 5) is 0. The molecule has 17 heavy (non-hydrogen) atoms. The molecule has 0 aromatic heterocycles. The first-order valence-electron chi connectivity index (χ1n) is 6.25. The molecule has 1 aliphatic rings. The highest BCUT2D eigenvalue weighted by atomic mass is 35.5. The Morgan fingerprint density at radius 2 is 2.12 bits per heavy atom. The first-order chi connectivity index (χ1) is 8.15. The summed E-state index contributed by atoms with van der Waals surface area (Å²) in [5, 5.41) is 4.32. The number of ether oxygens (including phenoxy) is 1. The standard InChI is InChI=1S/C14H20ClNO/c1-14(8-4-3-5-9-16-14)11-6-7-12(15)13(10-11)17-2/h6-7,10,16H,3-5,8-9H2,1-2H3. The van der Waals surface area contributed by atoms with Gasteiger partial charge in [0.15, 0.2) is 0 Å². The molecule has 1 fully saturated rings. The van der Waals surface area contributed by atoms with Crippen molar-refractivity contribution in [1.82, 2.24) is 5.32 Å². The normalized spacial score (nSPS) is 25.4. The molecule has 0 bridgehead atoms. The van der Waals surface area contributed by atoms with Gasteiger partial charge in [0.2, 0.25) is 0 Å². The lowest BCUT2D eigenvalue weighted by atomic mass is 9.87. The Bertz CT molecular complexity index is 384. The molecule has 1 atom stereocenters. The minimum Gasteiger partial charge on any atom is -0.495 e. The van der Waals surface area contributed by atoms with Crippen LogP contribution in [0.15, 0.2) is 18.2 Å². The van der Waals surface area contributed by atoms with Crippen molar-refractivity contribution < 1.29 is 4.74 Å². The van der Waals surface area contributed by atoms with Gasteiger partial charge in [0.1, 0.15) is 5.75 Å². The molecule has 1 heterocycles. The van der Waals surface area contributed by atoms with E-state index in [4.69, 9.17) is 16.3 Å². The van der Waals surface area contributed by atoms with Gasteiger partial charge in [-0.1, -0.05) is 30.5 Å². The molecule has 1 saturated heterocycles. The van der Waals surface area contributed by atoms with E-state index in [2.05, 4.69) is 24.4 Å². The van der Waals surface area contributed by atoms with E-state index in [0.29, 0.717) is 5.02 Å². The smallest absolute Gasteiger partial charge is 0.137 e. The summed E-state index contributed by atoms with van der Waals surface area (Å²) in [7, 11) is 1.66. The first kappa shape index (κ1) is 12.7. The molecule has 1 N–H and O–H groups in total. The quantitative estimate of drug-likeness (QED) is 0.867. The Kier molecular flexibility index (Phi) is 3.95. The summed E-state index contributed by atoms with van der Waals surface area (Å²) in [6, 6.07) is 6.08. The molecule has 1 aliphatic heterocycles. The Hall–Kier alpha value is -0.730. The number of hydrogen-bond acceptors (Lipinski definition) is 2. The van der Waals surface area contributed by atoms with Crippen molar-refractivity contribution in [2.24, 2.45) is 0 Å². The predicted octanol–water partition coefficient (Wildman–Crippen LogP) is 3.73. The van der Waals surface area contributed by atoms with Crippen LogP contribution in [0.4, 0.5) is 0 Å². The molecule has 0 aliphatic carbocycles. The summed E-state index contributed by atoms with van der Waals surface area (Å²) < 4.78 is 5.29. The first-order valence-corrected chi connectivity index (χ1v) is 6.62. The van der Waals surface area contributed by atoms with Crippen LogP contribution in [0.1, 0.15) is 38.2 Å². The fourth-order valence-electron chi connectivity index (χ4n) is 2.48. The molecule has 2 rings (SSSR count). The maximum absolute atomic E-state index is 6.07. The lowest BCUT2D eigenvalue weighted by Gasteiger charge is -2.30. The van der Waals surface area contributed by atoms with Crippen LogP contribution in [0.25, 0.3) is 0 Å². The lowest BCUT2D eigenvalue weighted by Crippen LogP contribution is -2.38. The molecule has 2 nitrogen and oxygen atoms in total. The second kappa shape index (κ2) is 5.28. The SMILES string of the molecule is COc1cc(C2(C)CCCCCN2)ccc1Cl. The number of halogens is 1. The second-order valence-corrected chi connectivity index (χ2v) is 5.33. The highest BCUT2D eigenvalue weighted by molar-refractivity contribution is 6.32. The minimum absolute atomic E-state index is 0.0500. The van der Waals surface area contributed by atoms with Crippen LogP contribution in [0.5, 0.6) is 5.75 Å². The van der Waals surface area contributed by atoms with Crippen LogP contribution < -0.4 is 10.1 Å². The average molecular weight is 254 g/mol. The van der Waals surface area contributed by atoms with Crippen LogP contribution in [0.3, 0.4) is 0 Å². The van der Waals surface area contributed by atoms with Gasteiger partial charge in [-0.2, -0.15) is 0 Å². The molecular weight excluding hydrogens is 234 g/mol. The van der Waals surface area contributed by atoms with Gasteiger partial charge in [-0.3, -0.25) is 0 Å². The molecule has 94 valence electrons. The molecule has 0 spiro atoms. The van der Waals surface area contributed by atoms with Gasteiger partial charge >= 0.3 is 0 Å². The Morgan fingerprint density at radius 1 is 1.29 bits per heavy atom. The molecule has 1 aromatic rings. The summed E-state index contributed by atoms with van der Waals surface area (Å²) >= 11 is 6.07. The molecule has 3 heteroatoms. The van der Waals surface area contributed by atoms with E-state index >= 15 is 0 Å². The number of hydrogen-bond donors (Lipinski definition) is 1. The van der Waals surface area contributed by atoms with Crippen LogP contribution in [0, 0.1) is 0 Å². The van der Waals surface area contributed by atoms with E-state index in [-0.39, 0.29) is 5.54 Å². The van der Waals surface area contributed by atoms with Crippen molar-refractivity contribution in [3.63, 3.8) is 0 Å². The zero-order valence-electron chi connectivity index (χ0n) is 10.6. The summed E-state index contributed by atoms with van der Waals surface area (Å²) in [6.07, 6.45) is 5.01. The fraction of sp³-hybridized carbons (Fsp3) is 0.571. The van der Waals surface area contributed by atoms with Gasteiger partial charge in [-0.25, -0.2) is 0 Å². The largest absolute Gasteiger partial charge is 0.495 e. The number of nitrogens with one attached hydrogen (secondary N) is 1. The van der Waals surface area contributed by atoms with Gasteiger partial charge in [-0.05, 0) is 44.0 Å². The number of rotatable bonds is 2. The lowest BCUT2D eigenvalue weighted by molar-refractivity contribution is 0.355. The number of methoxy groups -OCH3 is 1. The van der Waals surface area contributed by atoms with Crippen LogP contribution >= 0.6 is 11.6 Å². The molecule has 1 unspecified atom stereocenters. The summed E-state index contributed by atoms with van der Waals surface area (Å²) in [6.45, 7) is 3.35.